The summed E-state index contributed by atoms with van der Waals surface area (Å²) in [6, 6.07) is 7.05. The Hall–Kier alpha value is -2.04. The number of nitrogens with two attached hydrogens (primary N) is 1. The SMILES string of the molecule is CCOC(=O)C(Cc1cccc(N)c1)C(=O)OCC. The van der Waals surface area contributed by atoms with E-state index in [1.807, 2.05) is 6.07 Å². The van der Waals surface area contributed by atoms with Crippen LogP contribution in [0.3, 0.4) is 0 Å². The van der Waals surface area contributed by atoms with Crippen LogP contribution in [-0.2, 0) is 25.5 Å². The van der Waals surface area contributed by atoms with Crippen molar-refractivity contribution in [3.05, 3.63) is 29.8 Å². The van der Waals surface area contributed by atoms with Crippen molar-refractivity contribution in [1.29, 1.82) is 0 Å². The minimum atomic E-state index is -0.943. The van der Waals surface area contributed by atoms with Crippen LogP contribution >= 0.6 is 0 Å². The molecule has 1 aromatic carbocycles. The Kier molecular flexibility index (Phi) is 5.85. The van der Waals surface area contributed by atoms with Crippen LogP contribution in [0.5, 0.6) is 0 Å². The number of benzene rings is 1. The second kappa shape index (κ2) is 7.41. The van der Waals surface area contributed by atoms with E-state index in [-0.39, 0.29) is 19.6 Å². The summed E-state index contributed by atoms with van der Waals surface area (Å²) in [6.07, 6.45) is 0.225. The fourth-order valence-electron chi connectivity index (χ4n) is 1.70. The fraction of sp³-hybridized carbons (Fsp3) is 0.429. The fourth-order valence-corrected chi connectivity index (χ4v) is 1.70. The summed E-state index contributed by atoms with van der Waals surface area (Å²) in [5, 5.41) is 0. The zero-order valence-corrected chi connectivity index (χ0v) is 11.2. The molecule has 5 nitrogen and oxygen atoms in total. The van der Waals surface area contributed by atoms with Gasteiger partial charge in [0.1, 0.15) is 0 Å². The smallest absolute Gasteiger partial charge is 0.320 e. The van der Waals surface area contributed by atoms with Crippen LogP contribution in [0, 0.1) is 5.92 Å². The van der Waals surface area contributed by atoms with Crippen molar-refractivity contribution < 1.29 is 19.1 Å². The number of nitrogen functional groups attached to an aromatic ring is 1. The van der Waals surface area contributed by atoms with Gasteiger partial charge in [0.15, 0.2) is 5.92 Å². The van der Waals surface area contributed by atoms with Crippen molar-refractivity contribution in [1.82, 2.24) is 0 Å². The summed E-state index contributed by atoms with van der Waals surface area (Å²) < 4.78 is 9.81. The van der Waals surface area contributed by atoms with Gasteiger partial charge in [-0.2, -0.15) is 0 Å². The maximum Gasteiger partial charge on any atom is 0.320 e. The molecular formula is C14H19NO4. The number of hydrogen-bond donors (Lipinski definition) is 1. The number of anilines is 1. The molecule has 104 valence electrons. The summed E-state index contributed by atoms with van der Waals surface area (Å²) >= 11 is 0. The third-order valence-electron chi connectivity index (χ3n) is 2.53. The molecule has 1 aromatic rings. The van der Waals surface area contributed by atoms with E-state index in [1.165, 1.54) is 0 Å². The van der Waals surface area contributed by atoms with Crippen LogP contribution in [0.1, 0.15) is 19.4 Å². The van der Waals surface area contributed by atoms with Gasteiger partial charge in [-0.05, 0) is 38.0 Å². The minimum absolute atomic E-state index is 0.225. The Balaban J connectivity index is 2.84. The number of esters is 2. The van der Waals surface area contributed by atoms with Crippen molar-refractivity contribution in [3.63, 3.8) is 0 Å². The van der Waals surface area contributed by atoms with Gasteiger partial charge in [-0.15, -0.1) is 0 Å². The highest BCUT2D eigenvalue weighted by molar-refractivity contribution is 5.95. The molecule has 0 saturated carbocycles. The molecule has 0 radical (unpaired) electrons. The summed E-state index contributed by atoms with van der Waals surface area (Å²) in [5.41, 5.74) is 7.06. The van der Waals surface area contributed by atoms with Crippen molar-refractivity contribution in [2.24, 2.45) is 5.92 Å². The first-order chi connectivity index (χ1) is 9.08. The van der Waals surface area contributed by atoms with Gasteiger partial charge >= 0.3 is 11.9 Å². The molecule has 19 heavy (non-hydrogen) atoms. The first kappa shape index (κ1) is 15.0. The lowest BCUT2D eigenvalue weighted by molar-refractivity contribution is -0.161. The Morgan fingerprint density at radius 2 is 1.74 bits per heavy atom. The van der Waals surface area contributed by atoms with Crippen LogP contribution < -0.4 is 5.73 Å². The second-order valence-electron chi connectivity index (χ2n) is 4.01. The zero-order valence-electron chi connectivity index (χ0n) is 11.2. The molecule has 0 aromatic heterocycles. The van der Waals surface area contributed by atoms with Gasteiger partial charge in [-0.1, -0.05) is 12.1 Å². The lowest BCUT2D eigenvalue weighted by Crippen LogP contribution is -2.30. The average molecular weight is 265 g/mol. The lowest BCUT2D eigenvalue weighted by atomic mass is 9.99. The molecule has 0 amide bonds. The van der Waals surface area contributed by atoms with Gasteiger partial charge < -0.3 is 15.2 Å². The molecular weight excluding hydrogens is 246 g/mol. The maximum absolute atomic E-state index is 11.8. The van der Waals surface area contributed by atoms with Gasteiger partial charge in [0, 0.05) is 5.69 Å². The minimum Gasteiger partial charge on any atom is -0.465 e. The van der Waals surface area contributed by atoms with E-state index in [2.05, 4.69) is 0 Å². The molecule has 5 heteroatoms. The van der Waals surface area contributed by atoms with Crippen LogP contribution in [0.2, 0.25) is 0 Å². The molecule has 0 atom stereocenters. The molecule has 0 aliphatic rings. The van der Waals surface area contributed by atoms with E-state index in [4.69, 9.17) is 15.2 Å². The van der Waals surface area contributed by atoms with E-state index in [9.17, 15) is 9.59 Å². The van der Waals surface area contributed by atoms with E-state index in [0.29, 0.717) is 5.69 Å². The number of carbonyl (C=O) groups is 2. The zero-order chi connectivity index (χ0) is 14.3. The molecule has 0 fully saturated rings. The van der Waals surface area contributed by atoms with E-state index in [0.717, 1.165) is 5.56 Å². The van der Waals surface area contributed by atoms with Crippen molar-refractivity contribution >= 4 is 17.6 Å². The highest BCUT2D eigenvalue weighted by Crippen LogP contribution is 2.15. The second-order valence-corrected chi connectivity index (χ2v) is 4.01. The van der Waals surface area contributed by atoms with Crippen LogP contribution in [-0.4, -0.2) is 25.2 Å². The molecule has 0 aliphatic carbocycles. The molecule has 0 heterocycles. The highest BCUT2D eigenvalue weighted by atomic mass is 16.6. The van der Waals surface area contributed by atoms with Crippen LogP contribution in [0.4, 0.5) is 5.69 Å². The molecule has 0 spiro atoms. The number of hydrogen-bond acceptors (Lipinski definition) is 5. The van der Waals surface area contributed by atoms with Crippen molar-refractivity contribution in [3.8, 4) is 0 Å². The van der Waals surface area contributed by atoms with Gasteiger partial charge in [0.25, 0.3) is 0 Å². The summed E-state index contributed by atoms with van der Waals surface area (Å²) in [5.74, 6) is -2.08. The summed E-state index contributed by atoms with van der Waals surface area (Å²) in [6.45, 7) is 3.85. The Morgan fingerprint density at radius 3 is 2.21 bits per heavy atom. The van der Waals surface area contributed by atoms with Crippen molar-refractivity contribution in [2.75, 3.05) is 18.9 Å². The molecule has 1 rings (SSSR count). The standard InChI is InChI=1S/C14H19NO4/c1-3-18-13(16)12(14(17)19-4-2)9-10-6-5-7-11(15)8-10/h5-8,12H,3-4,9,15H2,1-2H3. The predicted octanol–water partition coefficient (Wildman–Crippen LogP) is 1.55. The van der Waals surface area contributed by atoms with Gasteiger partial charge in [0.2, 0.25) is 0 Å². The average Bonchev–Trinajstić information content (AvgIpc) is 2.36. The number of rotatable bonds is 6. The Morgan fingerprint density at radius 1 is 1.16 bits per heavy atom. The lowest BCUT2D eigenvalue weighted by Gasteiger charge is -2.14. The molecule has 0 aliphatic heterocycles. The summed E-state index contributed by atoms with van der Waals surface area (Å²) in [4.78, 5) is 23.6. The maximum atomic E-state index is 11.8. The molecule has 0 saturated heterocycles. The monoisotopic (exact) mass is 265 g/mol. The molecule has 2 N–H and O–H groups in total. The summed E-state index contributed by atoms with van der Waals surface area (Å²) in [7, 11) is 0. The van der Waals surface area contributed by atoms with Gasteiger partial charge in [-0.25, -0.2) is 0 Å². The van der Waals surface area contributed by atoms with Crippen LogP contribution in [0.15, 0.2) is 24.3 Å². The highest BCUT2D eigenvalue weighted by Gasteiger charge is 2.29. The third kappa shape index (κ3) is 4.62. The quantitative estimate of drug-likeness (QED) is 0.479. The predicted molar refractivity (Wildman–Crippen MR) is 71.3 cm³/mol. The first-order valence-corrected chi connectivity index (χ1v) is 6.26. The third-order valence-corrected chi connectivity index (χ3v) is 2.53. The van der Waals surface area contributed by atoms with E-state index in [1.54, 1.807) is 32.0 Å². The van der Waals surface area contributed by atoms with Gasteiger partial charge in [-0.3, -0.25) is 9.59 Å². The van der Waals surface area contributed by atoms with E-state index >= 15 is 0 Å². The number of ether oxygens (including phenoxy) is 2. The normalized spacial score (nSPS) is 10.3. The van der Waals surface area contributed by atoms with E-state index < -0.39 is 17.9 Å². The van der Waals surface area contributed by atoms with Gasteiger partial charge in [0.05, 0.1) is 13.2 Å². The van der Waals surface area contributed by atoms with Crippen LogP contribution in [0.25, 0.3) is 0 Å². The van der Waals surface area contributed by atoms with Crippen molar-refractivity contribution in [2.45, 2.75) is 20.3 Å². The Bertz CT molecular complexity index is 427. The number of carbonyl (C=O) groups excluding carboxylic acids is 2. The molecule has 0 unspecified atom stereocenters. The molecule has 0 bridgehead atoms. The largest absolute Gasteiger partial charge is 0.465 e. The Labute approximate surface area is 112 Å². The first-order valence-electron chi connectivity index (χ1n) is 6.26. The topological polar surface area (TPSA) is 78.6 Å².